The zero-order valence-corrected chi connectivity index (χ0v) is 9.30. The van der Waals surface area contributed by atoms with Crippen LogP contribution in [0.5, 0.6) is 0 Å². The Bertz CT molecular complexity index is 453. The van der Waals surface area contributed by atoms with Crippen molar-refractivity contribution in [3.63, 3.8) is 0 Å². The number of aliphatic hydroxyl groups is 1. The molecule has 1 aromatic carbocycles. The second kappa shape index (κ2) is 3.98. The highest BCUT2D eigenvalue weighted by Gasteiger charge is 2.09. The Morgan fingerprint density at radius 2 is 2.29 bits per heavy atom. The first-order valence-corrected chi connectivity index (χ1v) is 6.25. The van der Waals surface area contributed by atoms with Gasteiger partial charge in [-0.2, -0.15) is 0 Å². The Morgan fingerprint density at radius 3 is 3.00 bits per heavy atom. The van der Waals surface area contributed by atoms with Crippen LogP contribution >= 0.6 is 21.2 Å². The molecule has 1 atom stereocenters. The first-order chi connectivity index (χ1) is 6.79. The van der Waals surface area contributed by atoms with Crippen LogP contribution in [0.15, 0.2) is 28.7 Å². The van der Waals surface area contributed by atoms with Crippen molar-refractivity contribution in [1.29, 1.82) is 0 Å². The van der Waals surface area contributed by atoms with Crippen molar-refractivity contribution in [2.24, 2.45) is 0 Å². The third-order valence-electron chi connectivity index (χ3n) is 1.60. The van der Waals surface area contributed by atoms with Gasteiger partial charge < -0.3 is 9.52 Å². The number of alkyl halides is 1. The van der Waals surface area contributed by atoms with Crippen LogP contribution in [0.25, 0.3) is 11.1 Å². The SMILES string of the molecule is C#CC(O)[I]c1nc2ccccc2o1. The molecule has 2 rings (SSSR count). The van der Waals surface area contributed by atoms with E-state index in [4.69, 9.17) is 10.8 Å². The number of hydrogen-bond acceptors (Lipinski definition) is 3. The molecule has 0 spiro atoms. The van der Waals surface area contributed by atoms with Gasteiger partial charge in [0, 0.05) is 0 Å². The van der Waals surface area contributed by atoms with Crippen molar-refractivity contribution in [2.45, 2.75) is 4.11 Å². The lowest BCUT2D eigenvalue weighted by atomic mass is 10.3. The summed E-state index contributed by atoms with van der Waals surface area (Å²) in [7, 11) is 0. The molecule has 0 saturated carbocycles. The zero-order chi connectivity index (χ0) is 9.97. The van der Waals surface area contributed by atoms with Crippen LogP contribution in [0.4, 0.5) is 0 Å². The van der Waals surface area contributed by atoms with E-state index in [1.54, 1.807) is 0 Å². The van der Waals surface area contributed by atoms with Gasteiger partial charge in [0.2, 0.25) is 0 Å². The third-order valence-corrected chi connectivity index (χ3v) is 3.55. The standard InChI is InChI=1S/C10H7INO2/c1-2-9(13)11-10-12-7-5-3-4-6-8(7)14-10/h1,3-6,9,13H. The Morgan fingerprint density at radius 1 is 1.50 bits per heavy atom. The molecule has 0 bridgehead atoms. The van der Waals surface area contributed by atoms with Crippen molar-refractivity contribution in [3.05, 3.63) is 28.2 Å². The number of rotatable bonds is 2. The van der Waals surface area contributed by atoms with Crippen LogP contribution in [0, 0.1) is 16.2 Å². The fraction of sp³-hybridized carbons (Fsp3) is 0.100. The highest BCUT2D eigenvalue weighted by atomic mass is 127. The molecular formula is C10H7INO2. The van der Waals surface area contributed by atoms with Gasteiger partial charge in [-0.05, 0) is 33.3 Å². The molecule has 0 aliphatic carbocycles. The summed E-state index contributed by atoms with van der Waals surface area (Å²) in [5, 5.41) is 9.25. The lowest BCUT2D eigenvalue weighted by molar-refractivity contribution is 0.332. The average molecular weight is 300 g/mol. The summed E-state index contributed by atoms with van der Waals surface area (Å²) < 4.78 is 5.28. The van der Waals surface area contributed by atoms with E-state index in [9.17, 15) is 5.11 Å². The number of hydrogen-bond donors (Lipinski definition) is 1. The van der Waals surface area contributed by atoms with Crippen LogP contribution < -0.4 is 0 Å². The number of oxazole rings is 1. The molecule has 0 aliphatic heterocycles. The van der Waals surface area contributed by atoms with E-state index >= 15 is 0 Å². The molecule has 1 unspecified atom stereocenters. The van der Waals surface area contributed by atoms with Gasteiger partial charge in [-0.15, -0.1) is 6.42 Å². The second-order valence-corrected chi connectivity index (χ2v) is 5.27. The highest BCUT2D eigenvalue weighted by Crippen LogP contribution is 2.27. The molecule has 1 heterocycles. The molecule has 71 valence electrons. The summed E-state index contributed by atoms with van der Waals surface area (Å²) in [6.07, 6.45) is 5.07. The van der Waals surface area contributed by atoms with Gasteiger partial charge in [-0.25, -0.2) is 4.98 Å². The largest absolute Gasteiger partial charge is 0.432 e. The molecule has 0 saturated heterocycles. The molecule has 0 amide bonds. The summed E-state index contributed by atoms with van der Waals surface area (Å²) in [6.45, 7) is 0. The molecular weight excluding hydrogens is 293 g/mol. The van der Waals surface area contributed by atoms with E-state index in [0.717, 1.165) is 11.1 Å². The minimum absolute atomic E-state index is 0.579. The topological polar surface area (TPSA) is 46.3 Å². The minimum Gasteiger partial charge on any atom is -0.432 e. The van der Waals surface area contributed by atoms with Crippen molar-refractivity contribution in [1.82, 2.24) is 4.98 Å². The lowest BCUT2D eigenvalue weighted by Crippen LogP contribution is -1.92. The van der Waals surface area contributed by atoms with Crippen molar-refractivity contribution in [2.75, 3.05) is 0 Å². The number of nitrogens with zero attached hydrogens (tertiary/aromatic N) is 1. The van der Waals surface area contributed by atoms with Crippen molar-refractivity contribution in [3.8, 4) is 12.3 Å². The number of aromatic nitrogens is 1. The number of benzene rings is 1. The molecule has 1 aromatic heterocycles. The summed E-state index contributed by atoms with van der Waals surface area (Å²) in [5.74, 6) is 2.26. The van der Waals surface area contributed by atoms with E-state index in [2.05, 4.69) is 10.9 Å². The number of fused-ring (bicyclic) bond motifs is 1. The molecule has 14 heavy (non-hydrogen) atoms. The summed E-state index contributed by atoms with van der Waals surface area (Å²) >= 11 is -0.743. The fourth-order valence-corrected chi connectivity index (χ4v) is 2.46. The Labute approximate surface area is 91.4 Å². The molecule has 0 aliphatic rings. The predicted octanol–water partition coefficient (Wildman–Crippen LogP) is 1.92. The summed E-state index contributed by atoms with van der Waals surface area (Å²) in [4.78, 5) is 4.23. The van der Waals surface area contributed by atoms with Gasteiger partial charge in [0.05, 0.1) is 0 Å². The molecule has 3 nitrogen and oxygen atoms in total. The van der Waals surface area contributed by atoms with Gasteiger partial charge in [-0.3, -0.25) is 0 Å². The molecule has 1 N–H and O–H groups in total. The number of terminal acetylenes is 1. The fourth-order valence-electron chi connectivity index (χ4n) is 1.01. The third kappa shape index (κ3) is 1.89. The zero-order valence-electron chi connectivity index (χ0n) is 7.14. The maximum absolute atomic E-state index is 9.25. The Kier molecular flexibility index (Phi) is 2.70. The maximum atomic E-state index is 9.25. The quantitative estimate of drug-likeness (QED) is 0.523. The van der Waals surface area contributed by atoms with Crippen molar-refractivity contribution >= 4 is 32.3 Å². The van der Waals surface area contributed by atoms with Crippen LogP contribution in [0.3, 0.4) is 0 Å². The first kappa shape index (κ1) is 9.49. The lowest BCUT2D eigenvalue weighted by Gasteiger charge is -1.95. The van der Waals surface area contributed by atoms with E-state index in [1.165, 1.54) is 0 Å². The molecule has 1 radical (unpaired) electrons. The highest BCUT2D eigenvalue weighted by molar-refractivity contribution is 14.2. The molecule has 2 aromatic rings. The van der Waals surface area contributed by atoms with Crippen molar-refractivity contribution < 1.29 is 9.52 Å². The molecule has 4 heteroatoms. The number of halogens is 1. The van der Waals surface area contributed by atoms with Crippen LogP contribution in [0.2, 0.25) is 0 Å². The predicted molar refractivity (Wildman–Crippen MR) is 61.6 cm³/mol. The summed E-state index contributed by atoms with van der Waals surface area (Å²) in [6, 6.07) is 7.49. The second-order valence-electron chi connectivity index (χ2n) is 2.55. The van der Waals surface area contributed by atoms with Gasteiger partial charge in [0.25, 0.3) is 3.90 Å². The van der Waals surface area contributed by atoms with Gasteiger partial charge in [0.1, 0.15) is 5.52 Å². The van der Waals surface area contributed by atoms with Crippen LogP contribution in [-0.4, -0.2) is 14.2 Å². The van der Waals surface area contributed by atoms with Gasteiger partial charge in [-0.1, -0.05) is 18.1 Å². The summed E-state index contributed by atoms with van der Waals surface area (Å²) in [5.41, 5.74) is 1.55. The van der Waals surface area contributed by atoms with Crippen LogP contribution in [0.1, 0.15) is 0 Å². The smallest absolute Gasteiger partial charge is 0.251 e. The number of para-hydroxylation sites is 2. The minimum atomic E-state index is -0.743. The maximum Gasteiger partial charge on any atom is 0.251 e. The van der Waals surface area contributed by atoms with Gasteiger partial charge >= 0.3 is 0 Å². The van der Waals surface area contributed by atoms with Gasteiger partial charge in [0.15, 0.2) is 9.69 Å². The molecule has 0 fully saturated rings. The number of aliphatic hydroxyl groups excluding tert-OH is 1. The van der Waals surface area contributed by atoms with E-state index in [0.29, 0.717) is 3.90 Å². The average Bonchev–Trinajstić information content (AvgIpc) is 2.59. The van der Waals surface area contributed by atoms with E-state index in [1.807, 2.05) is 24.3 Å². The Balaban J connectivity index is 2.32. The first-order valence-electron chi connectivity index (χ1n) is 3.93. The monoisotopic (exact) mass is 300 g/mol. The Hall–Kier alpha value is -1.06. The van der Waals surface area contributed by atoms with E-state index in [-0.39, 0.29) is 0 Å². The van der Waals surface area contributed by atoms with E-state index < -0.39 is 25.3 Å². The van der Waals surface area contributed by atoms with Crippen LogP contribution in [-0.2, 0) is 0 Å². The normalized spacial score (nSPS) is 12.6.